The van der Waals surface area contributed by atoms with Crippen molar-refractivity contribution in [3.05, 3.63) is 53.1 Å². The average Bonchev–Trinajstić information content (AvgIpc) is 2.80. The van der Waals surface area contributed by atoms with Gasteiger partial charge in [-0.15, -0.1) is 0 Å². The summed E-state index contributed by atoms with van der Waals surface area (Å²) in [6.07, 6.45) is 20.9. The summed E-state index contributed by atoms with van der Waals surface area (Å²) in [6.45, 7) is 4.62. The molecule has 1 aromatic carbocycles. The minimum atomic E-state index is -0.854. The van der Waals surface area contributed by atoms with E-state index in [2.05, 4.69) is 25.2 Å². The van der Waals surface area contributed by atoms with Crippen molar-refractivity contribution in [3.63, 3.8) is 0 Å². The molecule has 0 amide bonds. The summed E-state index contributed by atoms with van der Waals surface area (Å²) in [4.78, 5) is 0. The van der Waals surface area contributed by atoms with Gasteiger partial charge in [0.2, 0.25) is 5.82 Å². The zero-order chi connectivity index (χ0) is 22.1. The molecule has 0 radical (unpaired) electrons. The highest BCUT2D eigenvalue weighted by Gasteiger charge is 2.27. The van der Waals surface area contributed by atoms with Gasteiger partial charge in [0.15, 0.2) is 11.6 Å². The van der Waals surface area contributed by atoms with Crippen LogP contribution in [0.5, 0.6) is 5.75 Å². The Bertz CT molecular complexity index is 744. The third-order valence-electron chi connectivity index (χ3n) is 7.18. The smallest absolute Gasteiger partial charge is 0.200 e. The monoisotopic (exact) mass is 430 g/mol. The summed E-state index contributed by atoms with van der Waals surface area (Å²) in [5, 5.41) is 0. The molecule has 0 bridgehead atoms. The fourth-order valence-corrected chi connectivity index (χ4v) is 5.31. The lowest BCUT2D eigenvalue weighted by Crippen LogP contribution is -2.22. The van der Waals surface area contributed by atoms with E-state index in [0.29, 0.717) is 24.5 Å². The van der Waals surface area contributed by atoms with Gasteiger partial charge in [0.05, 0.1) is 6.61 Å². The summed E-state index contributed by atoms with van der Waals surface area (Å²) in [5.41, 5.74) is 2.12. The van der Waals surface area contributed by atoms with Gasteiger partial charge in [0.1, 0.15) is 0 Å². The Labute approximate surface area is 188 Å². The van der Waals surface area contributed by atoms with Gasteiger partial charge in [-0.2, -0.15) is 4.39 Å². The summed E-state index contributed by atoms with van der Waals surface area (Å²) in [5.74, 6) is 0.851. The van der Waals surface area contributed by atoms with E-state index in [0.717, 1.165) is 24.7 Å². The lowest BCUT2D eigenvalue weighted by atomic mass is 9.71. The highest BCUT2D eigenvalue weighted by molar-refractivity contribution is 5.31. The first kappa shape index (κ1) is 24.0. The number of benzene rings is 1. The molecule has 0 N–H and O–H groups in total. The van der Waals surface area contributed by atoms with Crippen LogP contribution < -0.4 is 4.74 Å². The standard InChI is InChI=1S/C28H40F2O/c1-3-7-21-10-14-23(15-11-21)24-16-12-22(13-17-24)8-5-6-9-25-18-19-26(31-20-4-2)28(30)27(25)29/h5,8,10,18-19,22-24H,3-4,6-7,9,11-17,20H2,1-2H3. The molecule has 0 heterocycles. The van der Waals surface area contributed by atoms with Crippen LogP contribution in [0.15, 0.2) is 35.9 Å². The molecule has 0 spiro atoms. The van der Waals surface area contributed by atoms with E-state index in [1.807, 2.05) is 6.92 Å². The maximum Gasteiger partial charge on any atom is 0.200 e. The Morgan fingerprint density at radius 2 is 1.74 bits per heavy atom. The Hall–Kier alpha value is -1.64. The molecule has 3 heteroatoms. The molecule has 0 saturated heterocycles. The van der Waals surface area contributed by atoms with Gasteiger partial charge in [-0.1, -0.05) is 50.1 Å². The summed E-state index contributed by atoms with van der Waals surface area (Å²) in [7, 11) is 0. The average molecular weight is 431 g/mol. The Morgan fingerprint density at radius 1 is 0.935 bits per heavy atom. The molecule has 1 atom stereocenters. The third kappa shape index (κ3) is 6.92. The van der Waals surface area contributed by atoms with Gasteiger partial charge in [-0.25, -0.2) is 4.39 Å². The van der Waals surface area contributed by atoms with E-state index in [1.54, 1.807) is 17.7 Å². The number of rotatable bonds is 10. The molecule has 2 aliphatic rings. The number of allylic oxidation sites excluding steroid dienone is 4. The zero-order valence-electron chi connectivity index (χ0n) is 19.5. The van der Waals surface area contributed by atoms with E-state index in [4.69, 9.17) is 4.74 Å². The van der Waals surface area contributed by atoms with Crippen molar-refractivity contribution in [2.24, 2.45) is 17.8 Å². The summed E-state index contributed by atoms with van der Waals surface area (Å²) >= 11 is 0. The van der Waals surface area contributed by atoms with Crippen LogP contribution >= 0.6 is 0 Å². The second-order valence-corrected chi connectivity index (χ2v) is 9.49. The topological polar surface area (TPSA) is 9.23 Å². The van der Waals surface area contributed by atoms with Crippen LogP contribution in [0.25, 0.3) is 0 Å². The first-order valence-corrected chi connectivity index (χ1v) is 12.6. The first-order valence-electron chi connectivity index (χ1n) is 12.6. The first-order chi connectivity index (χ1) is 15.1. The third-order valence-corrected chi connectivity index (χ3v) is 7.18. The maximum absolute atomic E-state index is 14.3. The van der Waals surface area contributed by atoms with Gasteiger partial charge in [-0.3, -0.25) is 0 Å². The van der Waals surface area contributed by atoms with Crippen LogP contribution in [0.1, 0.15) is 90.0 Å². The van der Waals surface area contributed by atoms with Crippen molar-refractivity contribution in [3.8, 4) is 5.75 Å². The SMILES string of the molecule is CCCOc1ccc(CCC=CC2CCC(C3CC=C(CCC)CC3)CC2)c(F)c1F. The predicted molar refractivity (Wildman–Crippen MR) is 125 cm³/mol. The number of aryl methyl sites for hydroxylation is 1. The highest BCUT2D eigenvalue weighted by atomic mass is 19.2. The van der Waals surface area contributed by atoms with Crippen LogP contribution in [-0.2, 0) is 6.42 Å². The van der Waals surface area contributed by atoms with Gasteiger partial charge in [0, 0.05) is 0 Å². The molecule has 1 saturated carbocycles. The van der Waals surface area contributed by atoms with E-state index in [9.17, 15) is 8.78 Å². The van der Waals surface area contributed by atoms with Crippen LogP contribution in [0.4, 0.5) is 8.78 Å². The molecule has 31 heavy (non-hydrogen) atoms. The molecule has 172 valence electrons. The Kier molecular flexibility index (Phi) is 9.61. The van der Waals surface area contributed by atoms with Crippen molar-refractivity contribution in [2.75, 3.05) is 6.61 Å². The van der Waals surface area contributed by atoms with E-state index in [-0.39, 0.29) is 5.75 Å². The molecule has 0 aromatic heterocycles. The van der Waals surface area contributed by atoms with Crippen LogP contribution in [0.2, 0.25) is 0 Å². The fourth-order valence-electron chi connectivity index (χ4n) is 5.31. The van der Waals surface area contributed by atoms with Gasteiger partial charge in [-0.05, 0) is 100 Å². The van der Waals surface area contributed by atoms with E-state index < -0.39 is 11.6 Å². The molecule has 1 unspecified atom stereocenters. The molecule has 3 rings (SSSR count). The predicted octanol–water partition coefficient (Wildman–Crippen LogP) is 8.58. The molecular formula is C28H40F2O. The summed E-state index contributed by atoms with van der Waals surface area (Å²) < 4.78 is 33.7. The quantitative estimate of drug-likeness (QED) is 0.338. The molecular weight excluding hydrogens is 390 g/mol. The molecule has 1 nitrogen and oxygen atoms in total. The second-order valence-electron chi connectivity index (χ2n) is 9.49. The summed E-state index contributed by atoms with van der Waals surface area (Å²) in [6, 6.07) is 3.22. The van der Waals surface area contributed by atoms with Crippen molar-refractivity contribution >= 4 is 0 Å². The van der Waals surface area contributed by atoms with Gasteiger partial charge < -0.3 is 4.74 Å². The minimum Gasteiger partial charge on any atom is -0.490 e. The second kappa shape index (κ2) is 12.4. The van der Waals surface area contributed by atoms with Crippen molar-refractivity contribution in [1.29, 1.82) is 0 Å². The number of hydrogen-bond donors (Lipinski definition) is 0. The van der Waals surface area contributed by atoms with Gasteiger partial charge >= 0.3 is 0 Å². The van der Waals surface area contributed by atoms with Crippen LogP contribution in [0, 0.1) is 29.4 Å². The highest BCUT2D eigenvalue weighted by Crippen LogP contribution is 2.40. The Morgan fingerprint density at radius 3 is 2.42 bits per heavy atom. The van der Waals surface area contributed by atoms with Crippen molar-refractivity contribution in [1.82, 2.24) is 0 Å². The number of halogens is 2. The van der Waals surface area contributed by atoms with Crippen LogP contribution in [-0.4, -0.2) is 6.61 Å². The Balaban J connectivity index is 1.40. The minimum absolute atomic E-state index is 0.0189. The number of ether oxygens (including phenoxy) is 1. The van der Waals surface area contributed by atoms with Gasteiger partial charge in [0.25, 0.3) is 0 Å². The fraction of sp³-hybridized carbons (Fsp3) is 0.643. The number of hydrogen-bond acceptors (Lipinski definition) is 1. The van der Waals surface area contributed by atoms with Crippen molar-refractivity contribution < 1.29 is 13.5 Å². The normalized spacial score (nSPS) is 24.4. The largest absolute Gasteiger partial charge is 0.490 e. The molecule has 2 aliphatic carbocycles. The zero-order valence-corrected chi connectivity index (χ0v) is 19.5. The van der Waals surface area contributed by atoms with Crippen LogP contribution in [0.3, 0.4) is 0 Å². The maximum atomic E-state index is 14.3. The molecule has 1 aromatic rings. The van der Waals surface area contributed by atoms with Crippen molar-refractivity contribution in [2.45, 2.75) is 90.9 Å². The lowest BCUT2D eigenvalue weighted by Gasteiger charge is -2.34. The van der Waals surface area contributed by atoms with E-state index >= 15 is 0 Å². The lowest BCUT2D eigenvalue weighted by molar-refractivity contribution is 0.209. The molecule has 1 fully saturated rings. The van der Waals surface area contributed by atoms with E-state index in [1.165, 1.54) is 57.8 Å². The molecule has 0 aliphatic heterocycles.